The minimum absolute atomic E-state index is 0.0911. The molecule has 0 radical (unpaired) electrons. The van der Waals surface area contributed by atoms with Crippen LogP contribution in [0.2, 0.25) is 0 Å². The van der Waals surface area contributed by atoms with E-state index in [1.54, 1.807) is 12.1 Å². The van der Waals surface area contributed by atoms with Crippen LogP contribution in [0.3, 0.4) is 0 Å². The van der Waals surface area contributed by atoms with Gasteiger partial charge in [-0.15, -0.1) is 0 Å². The predicted molar refractivity (Wildman–Crippen MR) is 77.5 cm³/mol. The van der Waals surface area contributed by atoms with Gasteiger partial charge in [-0.05, 0) is 23.3 Å². The van der Waals surface area contributed by atoms with Gasteiger partial charge in [-0.3, -0.25) is 0 Å². The SMILES string of the molecule is O=C(Oc1ccc(-c2ccccc2)cc1)C1=COCCO1. The molecule has 0 aromatic heterocycles. The lowest BCUT2D eigenvalue weighted by molar-refractivity contribution is -0.135. The van der Waals surface area contributed by atoms with Gasteiger partial charge in [0.2, 0.25) is 5.76 Å². The molecule has 2 aromatic carbocycles. The van der Waals surface area contributed by atoms with Crippen LogP contribution in [0, 0.1) is 0 Å². The Morgan fingerprint density at radius 2 is 1.62 bits per heavy atom. The van der Waals surface area contributed by atoms with Crippen LogP contribution in [0.1, 0.15) is 0 Å². The van der Waals surface area contributed by atoms with E-state index < -0.39 is 5.97 Å². The standard InChI is InChI=1S/C17H14O4/c18-17(16-12-19-10-11-20-16)21-15-8-6-14(7-9-15)13-4-2-1-3-5-13/h1-9,12H,10-11H2. The Bertz CT molecular complexity index is 644. The molecular weight excluding hydrogens is 268 g/mol. The van der Waals surface area contributed by atoms with E-state index in [1.807, 2.05) is 42.5 Å². The first-order valence-corrected chi connectivity index (χ1v) is 6.65. The number of benzene rings is 2. The van der Waals surface area contributed by atoms with Gasteiger partial charge >= 0.3 is 5.97 Å². The van der Waals surface area contributed by atoms with Crippen molar-refractivity contribution in [3.05, 3.63) is 66.6 Å². The molecule has 4 nitrogen and oxygen atoms in total. The van der Waals surface area contributed by atoms with Crippen molar-refractivity contribution < 1.29 is 19.0 Å². The molecular formula is C17H14O4. The van der Waals surface area contributed by atoms with Crippen molar-refractivity contribution in [1.29, 1.82) is 0 Å². The average molecular weight is 282 g/mol. The third-order valence-electron chi connectivity index (χ3n) is 3.02. The highest BCUT2D eigenvalue weighted by molar-refractivity contribution is 5.88. The number of esters is 1. The summed E-state index contributed by atoms with van der Waals surface area (Å²) in [5, 5.41) is 0. The molecule has 0 saturated carbocycles. The molecule has 1 aliphatic heterocycles. The maximum atomic E-state index is 11.8. The average Bonchev–Trinajstić information content (AvgIpc) is 2.57. The van der Waals surface area contributed by atoms with Crippen LogP contribution < -0.4 is 4.74 Å². The van der Waals surface area contributed by atoms with Gasteiger partial charge in [0.15, 0.2) is 0 Å². The molecule has 0 fully saturated rings. The van der Waals surface area contributed by atoms with Crippen LogP contribution in [-0.4, -0.2) is 19.2 Å². The molecule has 0 unspecified atom stereocenters. The van der Waals surface area contributed by atoms with Crippen molar-refractivity contribution in [1.82, 2.24) is 0 Å². The summed E-state index contributed by atoms with van der Waals surface area (Å²) in [6, 6.07) is 17.3. The maximum absolute atomic E-state index is 11.8. The Labute approximate surface area is 122 Å². The summed E-state index contributed by atoms with van der Waals surface area (Å²) in [5.41, 5.74) is 2.17. The smallest absolute Gasteiger partial charge is 0.382 e. The van der Waals surface area contributed by atoms with E-state index in [4.69, 9.17) is 14.2 Å². The maximum Gasteiger partial charge on any atom is 0.382 e. The monoisotopic (exact) mass is 282 g/mol. The number of hydrogen-bond donors (Lipinski definition) is 0. The Morgan fingerprint density at radius 3 is 2.29 bits per heavy atom. The fraction of sp³-hybridized carbons (Fsp3) is 0.118. The van der Waals surface area contributed by atoms with Gasteiger partial charge in [-0.1, -0.05) is 42.5 Å². The lowest BCUT2D eigenvalue weighted by Crippen LogP contribution is -2.19. The minimum Gasteiger partial charge on any atom is -0.493 e. The zero-order valence-electron chi connectivity index (χ0n) is 11.3. The number of hydrogen-bond acceptors (Lipinski definition) is 4. The molecule has 0 amide bonds. The predicted octanol–water partition coefficient (Wildman–Crippen LogP) is 3.15. The molecule has 3 rings (SSSR count). The van der Waals surface area contributed by atoms with Crippen molar-refractivity contribution >= 4 is 5.97 Å². The first-order chi connectivity index (χ1) is 10.3. The van der Waals surface area contributed by atoms with Gasteiger partial charge in [0, 0.05) is 0 Å². The number of carbonyl (C=O) groups excluding carboxylic acids is 1. The highest BCUT2D eigenvalue weighted by Gasteiger charge is 2.17. The van der Waals surface area contributed by atoms with Crippen molar-refractivity contribution in [3.63, 3.8) is 0 Å². The molecule has 0 saturated heterocycles. The highest BCUT2D eigenvalue weighted by Crippen LogP contribution is 2.22. The van der Waals surface area contributed by atoms with E-state index >= 15 is 0 Å². The van der Waals surface area contributed by atoms with Gasteiger partial charge in [0.1, 0.15) is 25.2 Å². The molecule has 106 valence electrons. The second-order valence-corrected chi connectivity index (χ2v) is 4.48. The van der Waals surface area contributed by atoms with Crippen LogP contribution in [0.5, 0.6) is 5.75 Å². The number of carbonyl (C=O) groups is 1. The third kappa shape index (κ3) is 3.23. The van der Waals surface area contributed by atoms with Crippen molar-refractivity contribution in [2.45, 2.75) is 0 Å². The third-order valence-corrected chi connectivity index (χ3v) is 3.02. The van der Waals surface area contributed by atoms with E-state index in [-0.39, 0.29) is 5.76 Å². The Balaban J connectivity index is 1.70. The van der Waals surface area contributed by atoms with Gasteiger partial charge in [-0.2, -0.15) is 0 Å². The van der Waals surface area contributed by atoms with E-state index in [1.165, 1.54) is 6.26 Å². The number of ether oxygens (including phenoxy) is 3. The van der Waals surface area contributed by atoms with Crippen LogP contribution in [0.25, 0.3) is 11.1 Å². The topological polar surface area (TPSA) is 44.8 Å². The fourth-order valence-electron chi connectivity index (χ4n) is 1.98. The molecule has 0 atom stereocenters. The van der Waals surface area contributed by atoms with E-state index in [0.29, 0.717) is 19.0 Å². The van der Waals surface area contributed by atoms with Gasteiger partial charge < -0.3 is 14.2 Å². The van der Waals surface area contributed by atoms with E-state index in [9.17, 15) is 4.79 Å². The molecule has 21 heavy (non-hydrogen) atoms. The summed E-state index contributed by atoms with van der Waals surface area (Å²) in [7, 11) is 0. The van der Waals surface area contributed by atoms with Gasteiger partial charge in [-0.25, -0.2) is 4.79 Å². The van der Waals surface area contributed by atoms with Gasteiger partial charge in [0.25, 0.3) is 0 Å². The number of rotatable bonds is 3. The highest BCUT2D eigenvalue weighted by atomic mass is 16.6. The summed E-state index contributed by atoms with van der Waals surface area (Å²) in [5.74, 6) is 0.00491. The van der Waals surface area contributed by atoms with Gasteiger partial charge in [0.05, 0.1) is 0 Å². The first-order valence-electron chi connectivity index (χ1n) is 6.65. The summed E-state index contributed by atoms with van der Waals surface area (Å²) in [6.07, 6.45) is 1.28. The van der Waals surface area contributed by atoms with Crippen molar-refractivity contribution in [3.8, 4) is 16.9 Å². The quantitative estimate of drug-likeness (QED) is 0.641. The fourth-order valence-corrected chi connectivity index (χ4v) is 1.98. The zero-order chi connectivity index (χ0) is 14.5. The Morgan fingerprint density at radius 1 is 0.905 bits per heavy atom. The summed E-state index contributed by atoms with van der Waals surface area (Å²) < 4.78 is 15.4. The van der Waals surface area contributed by atoms with Crippen molar-refractivity contribution in [2.75, 3.05) is 13.2 Å². The molecule has 0 N–H and O–H groups in total. The molecule has 4 heteroatoms. The molecule has 0 bridgehead atoms. The second kappa shape index (κ2) is 6.13. The molecule has 0 aliphatic carbocycles. The Kier molecular flexibility index (Phi) is 3.87. The lowest BCUT2D eigenvalue weighted by Gasteiger charge is -2.14. The second-order valence-electron chi connectivity index (χ2n) is 4.48. The van der Waals surface area contributed by atoms with Crippen LogP contribution in [0.15, 0.2) is 66.6 Å². The molecule has 2 aromatic rings. The van der Waals surface area contributed by atoms with E-state index in [0.717, 1.165) is 11.1 Å². The van der Waals surface area contributed by atoms with E-state index in [2.05, 4.69) is 0 Å². The molecule has 0 spiro atoms. The van der Waals surface area contributed by atoms with Crippen LogP contribution in [-0.2, 0) is 14.3 Å². The van der Waals surface area contributed by atoms with Crippen molar-refractivity contribution in [2.24, 2.45) is 0 Å². The van der Waals surface area contributed by atoms with Crippen LogP contribution >= 0.6 is 0 Å². The molecule has 1 aliphatic rings. The lowest BCUT2D eigenvalue weighted by atomic mass is 10.1. The normalized spacial score (nSPS) is 13.6. The van der Waals surface area contributed by atoms with Crippen LogP contribution in [0.4, 0.5) is 0 Å². The minimum atomic E-state index is -0.554. The summed E-state index contributed by atoms with van der Waals surface area (Å²) >= 11 is 0. The molecule has 1 heterocycles. The largest absolute Gasteiger partial charge is 0.493 e. The first kappa shape index (κ1) is 13.2. The summed E-state index contributed by atoms with van der Waals surface area (Å²) in [6.45, 7) is 0.802. The Hall–Kier alpha value is -2.75. The zero-order valence-corrected chi connectivity index (χ0v) is 11.3. The summed E-state index contributed by atoms with van der Waals surface area (Å²) in [4.78, 5) is 11.8.